The SMILES string of the molecule is CC(C)c1cc2c(nc1C(C)C)CCN(C)C2. The van der Waals surface area contributed by atoms with Gasteiger partial charge in [-0.3, -0.25) is 4.98 Å². The Kier molecular flexibility index (Phi) is 3.53. The van der Waals surface area contributed by atoms with Gasteiger partial charge in [0.05, 0.1) is 0 Å². The fraction of sp³-hybridized carbons (Fsp3) is 0.667. The normalized spacial score (nSPS) is 16.6. The Morgan fingerprint density at radius 1 is 1.18 bits per heavy atom. The van der Waals surface area contributed by atoms with E-state index in [4.69, 9.17) is 4.98 Å². The molecule has 0 fully saturated rings. The molecular weight excluding hydrogens is 208 g/mol. The molecule has 0 saturated heterocycles. The maximum Gasteiger partial charge on any atom is 0.0467 e. The van der Waals surface area contributed by atoms with Crippen LogP contribution in [0.25, 0.3) is 0 Å². The van der Waals surface area contributed by atoms with E-state index in [1.807, 2.05) is 0 Å². The fourth-order valence-electron chi connectivity index (χ4n) is 2.57. The molecule has 0 aromatic carbocycles. The van der Waals surface area contributed by atoms with Gasteiger partial charge >= 0.3 is 0 Å². The maximum atomic E-state index is 4.94. The largest absolute Gasteiger partial charge is 0.302 e. The lowest BCUT2D eigenvalue weighted by Crippen LogP contribution is -2.28. The molecule has 2 heteroatoms. The van der Waals surface area contributed by atoms with Crippen molar-refractivity contribution < 1.29 is 0 Å². The van der Waals surface area contributed by atoms with E-state index in [-0.39, 0.29) is 0 Å². The smallest absolute Gasteiger partial charge is 0.0467 e. The molecule has 94 valence electrons. The molecule has 1 aromatic rings. The number of aromatic nitrogens is 1. The van der Waals surface area contributed by atoms with Gasteiger partial charge in [0.1, 0.15) is 0 Å². The van der Waals surface area contributed by atoms with E-state index in [0.29, 0.717) is 11.8 Å². The minimum atomic E-state index is 0.525. The van der Waals surface area contributed by atoms with Gasteiger partial charge in [-0.05, 0) is 30.0 Å². The van der Waals surface area contributed by atoms with Crippen molar-refractivity contribution in [3.05, 3.63) is 28.6 Å². The second-order valence-corrected chi connectivity index (χ2v) is 5.87. The molecule has 1 aliphatic rings. The average Bonchev–Trinajstić information content (AvgIpc) is 2.26. The Morgan fingerprint density at radius 3 is 2.47 bits per heavy atom. The first-order valence-corrected chi connectivity index (χ1v) is 6.70. The molecule has 0 radical (unpaired) electrons. The van der Waals surface area contributed by atoms with Crippen LogP contribution < -0.4 is 0 Å². The summed E-state index contributed by atoms with van der Waals surface area (Å²) in [6, 6.07) is 2.40. The van der Waals surface area contributed by atoms with Gasteiger partial charge in [0.2, 0.25) is 0 Å². The van der Waals surface area contributed by atoms with Gasteiger partial charge < -0.3 is 4.90 Å². The third-order valence-electron chi connectivity index (χ3n) is 3.59. The molecule has 0 bridgehead atoms. The van der Waals surface area contributed by atoms with E-state index >= 15 is 0 Å². The molecule has 0 aliphatic carbocycles. The summed E-state index contributed by atoms with van der Waals surface area (Å²) in [7, 11) is 2.19. The van der Waals surface area contributed by atoms with Gasteiger partial charge in [0.15, 0.2) is 0 Å². The first-order valence-electron chi connectivity index (χ1n) is 6.70. The molecule has 0 saturated carbocycles. The predicted octanol–water partition coefficient (Wildman–Crippen LogP) is 3.32. The number of hydrogen-bond donors (Lipinski definition) is 0. The third kappa shape index (κ3) is 2.52. The van der Waals surface area contributed by atoms with Gasteiger partial charge in [0, 0.05) is 30.9 Å². The maximum absolute atomic E-state index is 4.94. The van der Waals surface area contributed by atoms with E-state index in [1.54, 1.807) is 0 Å². The summed E-state index contributed by atoms with van der Waals surface area (Å²) in [6.07, 6.45) is 1.10. The molecule has 1 aliphatic heterocycles. The van der Waals surface area contributed by atoms with Crippen molar-refractivity contribution in [1.29, 1.82) is 0 Å². The van der Waals surface area contributed by atoms with Crippen LogP contribution >= 0.6 is 0 Å². The van der Waals surface area contributed by atoms with Crippen molar-refractivity contribution in [3.8, 4) is 0 Å². The lowest BCUT2D eigenvalue weighted by atomic mass is 9.91. The van der Waals surface area contributed by atoms with Crippen molar-refractivity contribution in [1.82, 2.24) is 9.88 Å². The number of nitrogens with zero attached hydrogens (tertiary/aromatic N) is 2. The standard InChI is InChI=1S/C15H24N2/c1-10(2)13-8-12-9-17(5)7-6-14(12)16-15(13)11(3)4/h8,10-11H,6-7,9H2,1-5H3. The second-order valence-electron chi connectivity index (χ2n) is 5.87. The van der Waals surface area contributed by atoms with Crippen LogP contribution in [0.5, 0.6) is 0 Å². The summed E-state index contributed by atoms with van der Waals surface area (Å²) in [4.78, 5) is 7.32. The van der Waals surface area contributed by atoms with E-state index < -0.39 is 0 Å². The molecule has 0 unspecified atom stereocenters. The van der Waals surface area contributed by atoms with Gasteiger partial charge in [-0.25, -0.2) is 0 Å². The number of rotatable bonds is 2. The zero-order valence-electron chi connectivity index (χ0n) is 11.7. The second kappa shape index (κ2) is 4.77. The summed E-state index contributed by atoms with van der Waals surface area (Å²) in [6.45, 7) is 11.2. The minimum Gasteiger partial charge on any atom is -0.302 e. The molecule has 0 amide bonds. The van der Waals surface area contributed by atoms with Crippen LogP contribution in [-0.2, 0) is 13.0 Å². The highest BCUT2D eigenvalue weighted by Crippen LogP contribution is 2.28. The summed E-state index contributed by atoms with van der Waals surface area (Å²) < 4.78 is 0. The van der Waals surface area contributed by atoms with Crippen molar-refractivity contribution in [2.75, 3.05) is 13.6 Å². The molecule has 1 aromatic heterocycles. The molecular formula is C15H24N2. The quantitative estimate of drug-likeness (QED) is 0.777. The van der Waals surface area contributed by atoms with Crippen LogP contribution in [-0.4, -0.2) is 23.5 Å². The molecule has 0 atom stereocenters. The van der Waals surface area contributed by atoms with Crippen LogP contribution in [0.15, 0.2) is 6.07 Å². The Labute approximate surface area is 105 Å². The van der Waals surface area contributed by atoms with Crippen LogP contribution in [0.3, 0.4) is 0 Å². The summed E-state index contributed by atoms with van der Waals surface area (Å²) >= 11 is 0. The molecule has 0 spiro atoms. The number of pyridine rings is 1. The highest BCUT2D eigenvalue weighted by atomic mass is 15.1. The lowest BCUT2D eigenvalue weighted by Gasteiger charge is -2.27. The summed E-state index contributed by atoms with van der Waals surface area (Å²) in [5.41, 5.74) is 5.51. The minimum absolute atomic E-state index is 0.525. The fourth-order valence-corrected chi connectivity index (χ4v) is 2.57. The zero-order chi connectivity index (χ0) is 12.6. The van der Waals surface area contributed by atoms with Gasteiger partial charge in [-0.15, -0.1) is 0 Å². The van der Waals surface area contributed by atoms with Crippen LogP contribution in [0.1, 0.15) is 62.0 Å². The average molecular weight is 232 g/mol. The van der Waals surface area contributed by atoms with Crippen LogP contribution in [0.4, 0.5) is 0 Å². The number of likely N-dealkylation sites (N-methyl/N-ethyl adjacent to an activating group) is 1. The predicted molar refractivity (Wildman–Crippen MR) is 72.5 cm³/mol. The first kappa shape index (κ1) is 12.6. The molecule has 17 heavy (non-hydrogen) atoms. The summed E-state index contributed by atoms with van der Waals surface area (Å²) in [5, 5.41) is 0. The lowest BCUT2D eigenvalue weighted by molar-refractivity contribution is 0.309. The monoisotopic (exact) mass is 232 g/mol. The molecule has 2 rings (SSSR count). The Morgan fingerprint density at radius 2 is 1.88 bits per heavy atom. The van der Waals surface area contributed by atoms with Crippen molar-refractivity contribution in [3.63, 3.8) is 0 Å². The topological polar surface area (TPSA) is 16.1 Å². The molecule has 2 nitrogen and oxygen atoms in total. The van der Waals surface area contributed by atoms with Crippen molar-refractivity contribution in [2.45, 2.75) is 52.5 Å². The highest BCUT2D eigenvalue weighted by molar-refractivity contribution is 5.35. The summed E-state index contributed by atoms with van der Waals surface area (Å²) in [5.74, 6) is 1.09. The Hall–Kier alpha value is -0.890. The Bertz CT molecular complexity index is 408. The van der Waals surface area contributed by atoms with Crippen LogP contribution in [0, 0.1) is 0 Å². The van der Waals surface area contributed by atoms with E-state index in [0.717, 1.165) is 19.5 Å². The van der Waals surface area contributed by atoms with E-state index in [1.165, 1.54) is 22.5 Å². The van der Waals surface area contributed by atoms with Gasteiger partial charge in [-0.2, -0.15) is 0 Å². The van der Waals surface area contributed by atoms with Crippen molar-refractivity contribution >= 4 is 0 Å². The Balaban J connectivity index is 2.48. The van der Waals surface area contributed by atoms with Gasteiger partial charge in [-0.1, -0.05) is 33.8 Å². The highest BCUT2D eigenvalue weighted by Gasteiger charge is 2.19. The van der Waals surface area contributed by atoms with E-state index in [9.17, 15) is 0 Å². The number of fused-ring (bicyclic) bond motifs is 1. The van der Waals surface area contributed by atoms with Crippen molar-refractivity contribution in [2.24, 2.45) is 0 Å². The van der Waals surface area contributed by atoms with Gasteiger partial charge in [0.25, 0.3) is 0 Å². The number of hydrogen-bond acceptors (Lipinski definition) is 2. The van der Waals surface area contributed by atoms with E-state index in [2.05, 4.69) is 45.7 Å². The molecule has 2 heterocycles. The van der Waals surface area contributed by atoms with Crippen LogP contribution in [0.2, 0.25) is 0 Å². The molecule has 0 N–H and O–H groups in total. The zero-order valence-corrected chi connectivity index (χ0v) is 11.7. The first-order chi connectivity index (χ1) is 7.99. The third-order valence-corrected chi connectivity index (χ3v) is 3.59.